The molecule has 0 bridgehead atoms. The Bertz CT molecular complexity index is 649. The molecule has 3 rings (SSSR count). The number of ether oxygens (including phenoxy) is 1. The highest BCUT2D eigenvalue weighted by Crippen LogP contribution is 2.31. The average molecular weight is 305 g/mol. The van der Waals surface area contributed by atoms with Crippen LogP contribution in [0, 0.1) is 0 Å². The van der Waals surface area contributed by atoms with E-state index in [0.717, 1.165) is 10.0 Å². The van der Waals surface area contributed by atoms with E-state index in [4.69, 9.17) is 4.74 Å². The fraction of sp³-hybridized carbons (Fsp3) is 0.0714. The van der Waals surface area contributed by atoms with Gasteiger partial charge in [-0.05, 0) is 36.4 Å². The van der Waals surface area contributed by atoms with Gasteiger partial charge < -0.3 is 9.84 Å². The molecule has 0 spiro atoms. The number of fused-ring (bicyclic) bond motifs is 2. The summed E-state index contributed by atoms with van der Waals surface area (Å²) in [5, 5.41) is 9.47. The van der Waals surface area contributed by atoms with Crippen LogP contribution >= 0.6 is 15.9 Å². The maximum Gasteiger partial charge on any atom is 0.197 e. The molecule has 2 aromatic rings. The molecular formula is C14H9BrO3. The lowest BCUT2D eigenvalue weighted by Crippen LogP contribution is -2.02. The zero-order chi connectivity index (χ0) is 12.7. The van der Waals surface area contributed by atoms with Crippen LogP contribution in [0.4, 0.5) is 0 Å². The first-order valence-corrected chi connectivity index (χ1v) is 6.23. The minimum atomic E-state index is -0.124. The molecule has 2 aromatic carbocycles. The predicted molar refractivity (Wildman–Crippen MR) is 70.0 cm³/mol. The van der Waals surface area contributed by atoms with Crippen LogP contribution in [-0.4, -0.2) is 10.9 Å². The molecule has 0 aliphatic carbocycles. The second kappa shape index (κ2) is 4.14. The SMILES string of the molecule is O=C1c2ccc(Br)cc2COc2ccc(O)cc21. The van der Waals surface area contributed by atoms with Gasteiger partial charge in [0.25, 0.3) is 0 Å². The molecule has 0 unspecified atom stereocenters. The number of hydrogen-bond donors (Lipinski definition) is 1. The van der Waals surface area contributed by atoms with Crippen molar-refractivity contribution in [2.45, 2.75) is 6.61 Å². The number of hydrogen-bond acceptors (Lipinski definition) is 3. The van der Waals surface area contributed by atoms with Gasteiger partial charge in [0.1, 0.15) is 18.1 Å². The molecule has 1 N–H and O–H groups in total. The van der Waals surface area contributed by atoms with E-state index < -0.39 is 0 Å². The molecule has 1 heterocycles. The number of halogens is 1. The highest BCUT2D eigenvalue weighted by molar-refractivity contribution is 9.10. The predicted octanol–water partition coefficient (Wildman–Crippen LogP) is 3.28. The van der Waals surface area contributed by atoms with Crippen LogP contribution in [0.1, 0.15) is 21.5 Å². The molecule has 0 saturated carbocycles. The summed E-state index contributed by atoms with van der Waals surface area (Å²) < 4.78 is 6.51. The van der Waals surface area contributed by atoms with Gasteiger partial charge in [-0.15, -0.1) is 0 Å². The van der Waals surface area contributed by atoms with Crippen molar-refractivity contribution >= 4 is 21.7 Å². The van der Waals surface area contributed by atoms with Crippen LogP contribution in [0.15, 0.2) is 40.9 Å². The first-order valence-electron chi connectivity index (χ1n) is 5.44. The van der Waals surface area contributed by atoms with Crippen molar-refractivity contribution in [1.29, 1.82) is 0 Å². The molecule has 0 radical (unpaired) electrons. The fourth-order valence-corrected chi connectivity index (χ4v) is 2.43. The number of benzene rings is 2. The van der Waals surface area contributed by atoms with Gasteiger partial charge in [-0.25, -0.2) is 0 Å². The Morgan fingerprint density at radius 2 is 1.94 bits per heavy atom. The second-order valence-electron chi connectivity index (χ2n) is 4.10. The third-order valence-electron chi connectivity index (χ3n) is 2.90. The molecule has 1 aliphatic heterocycles. The second-order valence-corrected chi connectivity index (χ2v) is 5.02. The Balaban J connectivity index is 2.20. The van der Waals surface area contributed by atoms with Crippen LogP contribution in [-0.2, 0) is 6.61 Å². The summed E-state index contributed by atoms with van der Waals surface area (Å²) in [7, 11) is 0. The Hall–Kier alpha value is -1.81. The number of carbonyl (C=O) groups excluding carboxylic acids is 1. The van der Waals surface area contributed by atoms with Crippen molar-refractivity contribution in [3.05, 3.63) is 57.6 Å². The smallest absolute Gasteiger partial charge is 0.197 e. The average Bonchev–Trinajstić information content (AvgIpc) is 2.48. The number of aromatic hydroxyl groups is 1. The molecule has 90 valence electrons. The zero-order valence-electron chi connectivity index (χ0n) is 9.31. The Labute approximate surface area is 112 Å². The Morgan fingerprint density at radius 3 is 2.78 bits per heavy atom. The summed E-state index contributed by atoms with van der Waals surface area (Å²) in [5.74, 6) is 0.442. The van der Waals surface area contributed by atoms with E-state index in [2.05, 4.69) is 15.9 Å². The molecule has 3 nitrogen and oxygen atoms in total. The standard InChI is InChI=1S/C14H9BrO3/c15-9-1-3-11-8(5-9)7-18-13-4-2-10(16)6-12(13)14(11)17/h1-6,16H,7H2. The van der Waals surface area contributed by atoms with Gasteiger partial charge in [-0.1, -0.05) is 15.9 Å². The van der Waals surface area contributed by atoms with Crippen molar-refractivity contribution in [3.63, 3.8) is 0 Å². The summed E-state index contributed by atoms with van der Waals surface area (Å²) in [6.07, 6.45) is 0. The topological polar surface area (TPSA) is 46.5 Å². The summed E-state index contributed by atoms with van der Waals surface area (Å²) in [6.45, 7) is 0.346. The molecule has 0 amide bonds. The van der Waals surface area contributed by atoms with Crippen molar-refractivity contribution in [2.24, 2.45) is 0 Å². The summed E-state index contributed by atoms with van der Waals surface area (Å²) in [4.78, 5) is 12.4. The summed E-state index contributed by atoms with van der Waals surface area (Å²) >= 11 is 3.38. The molecule has 0 atom stereocenters. The minimum absolute atomic E-state index is 0.0614. The van der Waals surface area contributed by atoms with E-state index in [-0.39, 0.29) is 11.5 Å². The highest BCUT2D eigenvalue weighted by atomic mass is 79.9. The van der Waals surface area contributed by atoms with Crippen molar-refractivity contribution < 1.29 is 14.6 Å². The number of phenolic OH excluding ortho intramolecular Hbond substituents is 1. The lowest BCUT2D eigenvalue weighted by molar-refractivity contribution is 0.103. The van der Waals surface area contributed by atoms with Gasteiger partial charge in [0.15, 0.2) is 5.78 Å². The van der Waals surface area contributed by atoms with Gasteiger partial charge in [-0.2, -0.15) is 0 Å². The molecule has 4 heteroatoms. The van der Waals surface area contributed by atoms with Gasteiger partial charge in [0, 0.05) is 15.6 Å². The van der Waals surface area contributed by atoms with Crippen LogP contribution < -0.4 is 4.74 Å². The quantitative estimate of drug-likeness (QED) is 0.812. The first kappa shape index (κ1) is 11.3. The van der Waals surface area contributed by atoms with Crippen molar-refractivity contribution in [2.75, 3.05) is 0 Å². The van der Waals surface area contributed by atoms with E-state index in [0.29, 0.717) is 23.5 Å². The molecule has 18 heavy (non-hydrogen) atoms. The number of ketones is 1. The molecule has 0 aromatic heterocycles. The Morgan fingerprint density at radius 1 is 1.11 bits per heavy atom. The summed E-state index contributed by atoms with van der Waals surface area (Å²) in [6, 6.07) is 10.0. The van der Waals surface area contributed by atoms with Gasteiger partial charge in [-0.3, -0.25) is 4.79 Å². The van der Waals surface area contributed by atoms with E-state index >= 15 is 0 Å². The third kappa shape index (κ3) is 1.78. The first-order chi connectivity index (χ1) is 8.65. The monoisotopic (exact) mass is 304 g/mol. The van der Waals surface area contributed by atoms with Crippen LogP contribution in [0.25, 0.3) is 0 Å². The van der Waals surface area contributed by atoms with Crippen molar-refractivity contribution in [3.8, 4) is 11.5 Å². The molecular weight excluding hydrogens is 296 g/mol. The van der Waals surface area contributed by atoms with E-state index in [1.807, 2.05) is 12.1 Å². The zero-order valence-corrected chi connectivity index (χ0v) is 10.9. The largest absolute Gasteiger partial charge is 0.508 e. The van der Waals surface area contributed by atoms with Gasteiger partial charge in [0.05, 0.1) is 5.56 Å². The lowest BCUT2D eigenvalue weighted by atomic mass is 9.99. The molecule has 1 aliphatic rings. The third-order valence-corrected chi connectivity index (χ3v) is 3.40. The normalized spacial score (nSPS) is 13.3. The minimum Gasteiger partial charge on any atom is -0.508 e. The maximum atomic E-state index is 12.4. The fourth-order valence-electron chi connectivity index (χ4n) is 2.03. The maximum absolute atomic E-state index is 12.4. The van der Waals surface area contributed by atoms with Gasteiger partial charge in [0.2, 0.25) is 0 Å². The Kier molecular flexibility index (Phi) is 2.59. The lowest BCUT2D eigenvalue weighted by Gasteiger charge is -2.05. The summed E-state index contributed by atoms with van der Waals surface area (Å²) in [5.41, 5.74) is 1.85. The number of rotatable bonds is 0. The molecule has 0 saturated heterocycles. The van der Waals surface area contributed by atoms with E-state index in [9.17, 15) is 9.90 Å². The van der Waals surface area contributed by atoms with E-state index in [1.54, 1.807) is 12.1 Å². The van der Waals surface area contributed by atoms with Crippen LogP contribution in [0.2, 0.25) is 0 Å². The van der Waals surface area contributed by atoms with E-state index in [1.165, 1.54) is 12.1 Å². The van der Waals surface area contributed by atoms with Crippen molar-refractivity contribution in [1.82, 2.24) is 0 Å². The number of phenols is 1. The van der Waals surface area contributed by atoms with Crippen LogP contribution in [0.3, 0.4) is 0 Å². The number of carbonyl (C=O) groups is 1. The molecule has 0 fully saturated rings. The van der Waals surface area contributed by atoms with Gasteiger partial charge >= 0.3 is 0 Å². The highest BCUT2D eigenvalue weighted by Gasteiger charge is 2.22. The van der Waals surface area contributed by atoms with Crippen LogP contribution in [0.5, 0.6) is 11.5 Å².